The summed E-state index contributed by atoms with van der Waals surface area (Å²) in [5.41, 5.74) is 2.85. The van der Waals surface area contributed by atoms with Crippen molar-refractivity contribution < 1.29 is 0 Å². The van der Waals surface area contributed by atoms with Crippen LogP contribution in [0.1, 0.15) is 48.6 Å². The van der Waals surface area contributed by atoms with Gasteiger partial charge in [-0.2, -0.15) is 0 Å². The number of aromatic nitrogens is 2. The molecule has 1 N–H and O–H groups in total. The highest BCUT2D eigenvalue weighted by molar-refractivity contribution is 5.35. The van der Waals surface area contributed by atoms with Gasteiger partial charge in [-0.1, -0.05) is 24.3 Å². The Kier molecular flexibility index (Phi) is 4.48. The Morgan fingerprint density at radius 3 is 2.62 bits per heavy atom. The number of hydrogen-bond donors (Lipinski definition) is 1. The molecular weight excluding hydrogens is 296 g/mol. The zero-order valence-corrected chi connectivity index (χ0v) is 14.4. The highest BCUT2D eigenvalue weighted by Crippen LogP contribution is 2.38. The smallest absolute Gasteiger partial charge is 0.133 e. The van der Waals surface area contributed by atoms with E-state index >= 15 is 0 Å². The third kappa shape index (κ3) is 3.75. The molecule has 1 aromatic carbocycles. The SMILES string of the molecule is Cc1ccccc1CN1CCC(Nc2ccnc(C3CC3)n2)CC1. The monoisotopic (exact) mass is 322 g/mol. The van der Waals surface area contributed by atoms with E-state index in [4.69, 9.17) is 4.98 Å². The van der Waals surface area contributed by atoms with Crippen molar-refractivity contribution in [1.82, 2.24) is 14.9 Å². The zero-order chi connectivity index (χ0) is 16.4. The summed E-state index contributed by atoms with van der Waals surface area (Å²) in [5.74, 6) is 2.64. The molecule has 126 valence electrons. The highest BCUT2D eigenvalue weighted by Gasteiger charge is 2.27. The van der Waals surface area contributed by atoms with Gasteiger partial charge >= 0.3 is 0 Å². The van der Waals surface area contributed by atoms with E-state index in [9.17, 15) is 0 Å². The average Bonchev–Trinajstić information content (AvgIpc) is 3.44. The van der Waals surface area contributed by atoms with Gasteiger partial charge in [-0.15, -0.1) is 0 Å². The van der Waals surface area contributed by atoms with Crippen molar-refractivity contribution in [3.05, 3.63) is 53.5 Å². The lowest BCUT2D eigenvalue weighted by Gasteiger charge is -2.33. The summed E-state index contributed by atoms with van der Waals surface area (Å²) in [5, 5.41) is 3.62. The van der Waals surface area contributed by atoms with Gasteiger partial charge in [0, 0.05) is 37.8 Å². The Morgan fingerprint density at radius 2 is 1.88 bits per heavy atom. The predicted molar refractivity (Wildman–Crippen MR) is 97.1 cm³/mol. The molecule has 0 amide bonds. The first kappa shape index (κ1) is 15.6. The first-order valence-electron chi connectivity index (χ1n) is 9.14. The molecule has 0 radical (unpaired) electrons. The Balaban J connectivity index is 1.30. The number of nitrogens with one attached hydrogen (secondary N) is 1. The van der Waals surface area contributed by atoms with Crippen LogP contribution in [0, 0.1) is 6.92 Å². The van der Waals surface area contributed by atoms with Crippen LogP contribution in [0.15, 0.2) is 36.5 Å². The van der Waals surface area contributed by atoms with E-state index in [2.05, 4.69) is 46.4 Å². The summed E-state index contributed by atoms with van der Waals surface area (Å²) in [4.78, 5) is 11.7. The molecule has 0 bridgehead atoms. The molecule has 2 aliphatic rings. The van der Waals surface area contributed by atoms with Crippen LogP contribution in [0.25, 0.3) is 0 Å². The topological polar surface area (TPSA) is 41.0 Å². The molecule has 4 nitrogen and oxygen atoms in total. The molecule has 2 heterocycles. The normalized spacial score (nSPS) is 19.4. The number of aryl methyl sites for hydroxylation is 1. The van der Waals surface area contributed by atoms with Crippen LogP contribution in [0.3, 0.4) is 0 Å². The molecule has 0 unspecified atom stereocenters. The molecule has 0 spiro atoms. The number of nitrogens with zero attached hydrogens (tertiary/aromatic N) is 3. The largest absolute Gasteiger partial charge is 0.367 e. The third-order valence-corrected chi connectivity index (χ3v) is 5.21. The lowest BCUT2D eigenvalue weighted by atomic mass is 10.0. The summed E-state index contributed by atoms with van der Waals surface area (Å²) in [6.07, 6.45) is 6.75. The molecule has 24 heavy (non-hydrogen) atoms. The van der Waals surface area contributed by atoms with E-state index < -0.39 is 0 Å². The van der Waals surface area contributed by atoms with Crippen LogP contribution in [-0.4, -0.2) is 34.0 Å². The summed E-state index contributed by atoms with van der Waals surface area (Å²) in [6.45, 7) is 5.56. The lowest BCUT2D eigenvalue weighted by molar-refractivity contribution is 0.211. The standard InChI is InChI=1S/C20H26N4/c1-15-4-2-3-5-17(15)14-24-12-9-18(10-13-24)22-19-8-11-21-20(23-19)16-6-7-16/h2-5,8,11,16,18H,6-7,9-10,12-14H2,1H3,(H,21,22,23). The molecule has 1 saturated heterocycles. The van der Waals surface area contributed by atoms with Crippen LogP contribution in [-0.2, 0) is 6.54 Å². The third-order valence-electron chi connectivity index (χ3n) is 5.21. The highest BCUT2D eigenvalue weighted by atomic mass is 15.1. The van der Waals surface area contributed by atoms with Crippen molar-refractivity contribution in [2.24, 2.45) is 0 Å². The maximum Gasteiger partial charge on any atom is 0.133 e. The second kappa shape index (κ2) is 6.89. The van der Waals surface area contributed by atoms with Gasteiger partial charge in [0.2, 0.25) is 0 Å². The van der Waals surface area contributed by atoms with Crippen molar-refractivity contribution >= 4 is 5.82 Å². The van der Waals surface area contributed by atoms with Gasteiger partial charge in [0.05, 0.1) is 0 Å². The number of rotatable bonds is 5. The van der Waals surface area contributed by atoms with Gasteiger partial charge in [-0.25, -0.2) is 9.97 Å². The fourth-order valence-electron chi connectivity index (χ4n) is 3.47. The number of benzene rings is 1. The van der Waals surface area contributed by atoms with Gasteiger partial charge < -0.3 is 5.32 Å². The zero-order valence-electron chi connectivity index (χ0n) is 14.4. The van der Waals surface area contributed by atoms with Gasteiger partial charge in [-0.05, 0) is 49.8 Å². The average molecular weight is 322 g/mol. The first-order chi connectivity index (χ1) is 11.8. The number of anilines is 1. The quantitative estimate of drug-likeness (QED) is 0.910. The van der Waals surface area contributed by atoms with Crippen LogP contribution in [0.4, 0.5) is 5.82 Å². The second-order valence-corrected chi connectivity index (χ2v) is 7.20. The summed E-state index contributed by atoms with van der Waals surface area (Å²) >= 11 is 0. The molecule has 1 aromatic heterocycles. The first-order valence-corrected chi connectivity index (χ1v) is 9.14. The number of likely N-dealkylation sites (tertiary alicyclic amines) is 1. The van der Waals surface area contributed by atoms with Gasteiger partial charge in [0.25, 0.3) is 0 Å². The van der Waals surface area contributed by atoms with Crippen molar-refractivity contribution in [3.63, 3.8) is 0 Å². The van der Waals surface area contributed by atoms with Crippen molar-refractivity contribution in [2.75, 3.05) is 18.4 Å². The maximum atomic E-state index is 4.69. The summed E-state index contributed by atoms with van der Waals surface area (Å²) in [7, 11) is 0. The number of hydrogen-bond acceptors (Lipinski definition) is 4. The van der Waals surface area contributed by atoms with E-state index in [1.54, 1.807) is 0 Å². The summed E-state index contributed by atoms with van der Waals surface area (Å²) < 4.78 is 0. The molecule has 1 aliphatic carbocycles. The van der Waals surface area contributed by atoms with Crippen LogP contribution in [0.5, 0.6) is 0 Å². The molecule has 4 heteroatoms. The minimum Gasteiger partial charge on any atom is -0.367 e. The Bertz CT molecular complexity index is 688. The van der Waals surface area contributed by atoms with Crippen molar-refractivity contribution in [2.45, 2.75) is 51.1 Å². The van der Waals surface area contributed by atoms with E-state index in [1.165, 1.54) is 36.8 Å². The van der Waals surface area contributed by atoms with Crippen LogP contribution < -0.4 is 5.32 Å². The Morgan fingerprint density at radius 1 is 1.08 bits per heavy atom. The minimum absolute atomic E-state index is 0.528. The summed E-state index contributed by atoms with van der Waals surface area (Å²) in [6, 6.07) is 11.2. The Labute approximate surface area is 144 Å². The van der Waals surface area contributed by atoms with Gasteiger partial charge in [0.1, 0.15) is 11.6 Å². The molecule has 4 rings (SSSR count). The fourth-order valence-corrected chi connectivity index (χ4v) is 3.47. The fraction of sp³-hybridized carbons (Fsp3) is 0.500. The molecule has 2 fully saturated rings. The molecule has 0 atom stereocenters. The van der Waals surface area contributed by atoms with Crippen molar-refractivity contribution in [1.29, 1.82) is 0 Å². The van der Waals surface area contributed by atoms with E-state index in [-0.39, 0.29) is 0 Å². The van der Waals surface area contributed by atoms with Crippen LogP contribution in [0.2, 0.25) is 0 Å². The second-order valence-electron chi connectivity index (χ2n) is 7.20. The molecular formula is C20H26N4. The molecule has 1 saturated carbocycles. The molecule has 1 aliphatic heterocycles. The predicted octanol–water partition coefficient (Wildman–Crippen LogP) is 3.74. The number of piperidine rings is 1. The van der Waals surface area contributed by atoms with Crippen molar-refractivity contribution in [3.8, 4) is 0 Å². The van der Waals surface area contributed by atoms with E-state index in [0.29, 0.717) is 12.0 Å². The molecule has 2 aromatic rings. The van der Waals surface area contributed by atoms with E-state index in [0.717, 1.165) is 31.3 Å². The lowest BCUT2D eigenvalue weighted by Crippen LogP contribution is -2.38. The van der Waals surface area contributed by atoms with Crippen LogP contribution >= 0.6 is 0 Å². The Hall–Kier alpha value is -1.94. The van der Waals surface area contributed by atoms with Gasteiger partial charge in [0.15, 0.2) is 0 Å². The van der Waals surface area contributed by atoms with E-state index in [1.807, 2.05) is 12.3 Å². The van der Waals surface area contributed by atoms with Gasteiger partial charge in [-0.3, -0.25) is 4.90 Å². The minimum atomic E-state index is 0.528. The maximum absolute atomic E-state index is 4.69.